The van der Waals surface area contributed by atoms with Gasteiger partial charge in [-0.1, -0.05) is 18.2 Å². The first kappa shape index (κ1) is 12.6. The third kappa shape index (κ3) is 2.09. The minimum atomic E-state index is -1.69. The number of carbonyl (C=O) groups excluding carboxylic acids is 2. The summed E-state index contributed by atoms with van der Waals surface area (Å²) in [5.41, 5.74) is -0.159. The second-order valence-corrected chi connectivity index (χ2v) is 4.58. The van der Waals surface area contributed by atoms with E-state index in [4.69, 9.17) is 0 Å². The molecule has 18 heavy (non-hydrogen) atoms. The van der Waals surface area contributed by atoms with Crippen molar-refractivity contribution in [3.05, 3.63) is 35.4 Å². The highest BCUT2D eigenvalue weighted by molar-refractivity contribution is 5.98. The zero-order valence-electron chi connectivity index (χ0n) is 10.3. The number of carbonyl (C=O) groups is 2. The van der Waals surface area contributed by atoms with Crippen molar-refractivity contribution in [2.75, 3.05) is 13.7 Å². The molecule has 0 radical (unpaired) electrons. The monoisotopic (exact) mass is 249 g/mol. The summed E-state index contributed by atoms with van der Waals surface area (Å²) in [5, 5.41) is 9.97. The van der Waals surface area contributed by atoms with Crippen LogP contribution in [0.25, 0.3) is 0 Å². The number of fused-ring (bicyclic) bond motifs is 1. The van der Waals surface area contributed by atoms with Crippen molar-refractivity contribution in [1.29, 1.82) is 0 Å². The summed E-state index contributed by atoms with van der Waals surface area (Å²) < 4.78 is 4.51. The first-order chi connectivity index (χ1) is 8.45. The number of ether oxygens (including phenoxy) is 1. The number of amides is 1. The SMILES string of the molecule is COC(=O)C(C)(O)CN1Cc2ccccc2C1=O. The van der Waals surface area contributed by atoms with E-state index in [1.807, 2.05) is 12.1 Å². The first-order valence-corrected chi connectivity index (χ1v) is 5.63. The number of β-amino-alcohol motifs (C(OH)–C–C–N with tert-alkyl or cyclic N) is 1. The van der Waals surface area contributed by atoms with Gasteiger partial charge in [0.2, 0.25) is 0 Å². The molecule has 1 heterocycles. The normalized spacial score (nSPS) is 17.3. The summed E-state index contributed by atoms with van der Waals surface area (Å²) in [6.45, 7) is 1.67. The van der Waals surface area contributed by atoms with Gasteiger partial charge in [0.25, 0.3) is 5.91 Å². The number of esters is 1. The Morgan fingerprint density at radius 3 is 2.78 bits per heavy atom. The van der Waals surface area contributed by atoms with E-state index in [1.54, 1.807) is 12.1 Å². The third-order valence-electron chi connectivity index (χ3n) is 3.02. The highest BCUT2D eigenvalue weighted by atomic mass is 16.5. The standard InChI is InChI=1S/C13H15NO4/c1-13(17,12(16)18-2)8-14-7-9-5-3-4-6-10(9)11(14)15/h3-6,17H,7-8H2,1-2H3. The predicted octanol–water partition coefficient (Wildman–Crippen LogP) is 0.566. The Labute approximate surface area is 105 Å². The molecule has 1 unspecified atom stereocenters. The van der Waals surface area contributed by atoms with Crippen LogP contribution < -0.4 is 0 Å². The number of hydrogen-bond acceptors (Lipinski definition) is 4. The molecule has 0 saturated carbocycles. The van der Waals surface area contributed by atoms with Crippen LogP contribution in [0.5, 0.6) is 0 Å². The van der Waals surface area contributed by atoms with Crippen LogP contribution >= 0.6 is 0 Å². The zero-order chi connectivity index (χ0) is 13.3. The summed E-state index contributed by atoms with van der Waals surface area (Å²) in [7, 11) is 1.21. The van der Waals surface area contributed by atoms with Gasteiger partial charge in [-0.3, -0.25) is 4.79 Å². The molecule has 0 aromatic heterocycles. The van der Waals surface area contributed by atoms with Crippen LogP contribution in [0.1, 0.15) is 22.8 Å². The molecule has 1 aromatic carbocycles. The largest absolute Gasteiger partial charge is 0.467 e. The predicted molar refractivity (Wildman–Crippen MR) is 63.8 cm³/mol. The highest BCUT2D eigenvalue weighted by Gasteiger charge is 2.38. The van der Waals surface area contributed by atoms with Crippen molar-refractivity contribution in [2.45, 2.75) is 19.1 Å². The molecule has 1 atom stereocenters. The Morgan fingerprint density at radius 2 is 2.17 bits per heavy atom. The molecule has 5 nitrogen and oxygen atoms in total. The second kappa shape index (κ2) is 4.42. The zero-order valence-corrected chi connectivity index (χ0v) is 10.3. The molecule has 0 spiro atoms. The highest BCUT2D eigenvalue weighted by Crippen LogP contribution is 2.24. The fraction of sp³-hybridized carbons (Fsp3) is 0.385. The molecule has 5 heteroatoms. The lowest BCUT2D eigenvalue weighted by Crippen LogP contribution is -2.47. The minimum absolute atomic E-state index is 0.0762. The maximum Gasteiger partial charge on any atom is 0.339 e. The Bertz CT molecular complexity index is 496. The van der Waals surface area contributed by atoms with Crippen LogP contribution in [0.15, 0.2) is 24.3 Å². The molecule has 1 aliphatic rings. The van der Waals surface area contributed by atoms with E-state index < -0.39 is 11.6 Å². The van der Waals surface area contributed by atoms with Crippen molar-refractivity contribution in [3.63, 3.8) is 0 Å². The van der Waals surface area contributed by atoms with Crippen molar-refractivity contribution < 1.29 is 19.4 Å². The van der Waals surface area contributed by atoms with E-state index in [1.165, 1.54) is 18.9 Å². The molecule has 0 fully saturated rings. The number of nitrogens with zero attached hydrogens (tertiary/aromatic N) is 1. The van der Waals surface area contributed by atoms with Crippen LogP contribution in [0.3, 0.4) is 0 Å². The van der Waals surface area contributed by atoms with Crippen LogP contribution in [0.4, 0.5) is 0 Å². The Kier molecular flexibility index (Phi) is 3.09. The number of hydrogen-bond donors (Lipinski definition) is 1. The molecule has 96 valence electrons. The fourth-order valence-electron chi connectivity index (χ4n) is 2.10. The Morgan fingerprint density at radius 1 is 1.50 bits per heavy atom. The van der Waals surface area contributed by atoms with Crippen molar-refractivity contribution >= 4 is 11.9 Å². The first-order valence-electron chi connectivity index (χ1n) is 5.63. The number of benzene rings is 1. The van der Waals surface area contributed by atoms with E-state index in [0.29, 0.717) is 12.1 Å². The number of aliphatic hydroxyl groups is 1. The van der Waals surface area contributed by atoms with Crippen LogP contribution in [-0.2, 0) is 16.1 Å². The number of rotatable bonds is 3. The van der Waals surface area contributed by atoms with Gasteiger partial charge in [0.05, 0.1) is 13.7 Å². The van der Waals surface area contributed by atoms with Gasteiger partial charge in [-0.15, -0.1) is 0 Å². The summed E-state index contributed by atoms with van der Waals surface area (Å²) in [5.74, 6) is -0.916. The van der Waals surface area contributed by atoms with Gasteiger partial charge in [0.15, 0.2) is 5.60 Å². The lowest BCUT2D eigenvalue weighted by Gasteiger charge is -2.26. The molecule has 1 aromatic rings. The van der Waals surface area contributed by atoms with Gasteiger partial charge in [-0.2, -0.15) is 0 Å². The molecule has 0 aliphatic carbocycles. The summed E-state index contributed by atoms with van der Waals surface area (Å²) in [4.78, 5) is 24.9. The average Bonchev–Trinajstić information content (AvgIpc) is 2.65. The van der Waals surface area contributed by atoms with Crippen molar-refractivity contribution in [1.82, 2.24) is 4.90 Å². The van der Waals surface area contributed by atoms with Gasteiger partial charge in [0.1, 0.15) is 0 Å². The van der Waals surface area contributed by atoms with E-state index in [2.05, 4.69) is 4.74 Å². The summed E-state index contributed by atoms with van der Waals surface area (Å²) in [6, 6.07) is 7.25. The van der Waals surface area contributed by atoms with Crippen molar-refractivity contribution in [3.8, 4) is 0 Å². The average molecular weight is 249 g/mol. The summed E-state index contributed by atoms with van der Waals surface area (Å²) in [6.07, 6.45) is 0. The quantitative estimate of drug-likeness (QED) is 0.795. The second-order valence-electron chi connectivity index (χ2n) is 4.58. The molecular formula is C13H15NO4. The Balaban J connectivity index is 2.15. The van der Waals surface area contributed by atoms with Gasteiger partial charge in [-0.25, -0.2) is 4.79 Å². The fourth-order valence-corrected chi connectivity index (χ4v) is 2.10. The van der Waals surface area contributed by atoms with Crippen LogP contribution in [0.2, 0.25) is 0 Å². The van der Waals surface area contributed by atoms with Gasteiger partial charge in [0, 0.05) is 12.1 Å². The smallest absolute Gasteiger partial charge is 0.339 e. The van der Waals surface area contributed by atoms with E-state index in [9.17, 15) is 14.7 Å². The molecule has 1 amide bonds. The third-order valence-corrected chi connectivity index (χ3v) is 3.02. The lowest BCUT2D eigenvalue weighted by molar-refractivity contribution is -0.161. The summed E-state index contributed by atoms with van der Waals surface area (Å²) >= 11 is 0. The molecule has 0 bridgehead atoms. The molecule has 2 rings (SSSR count). The maximum absolute atomic E-state index is 12.0. The van der Waals surface area contributed by atoms with Gasteiger partial charge in [-0.05, 0) is 18.6 Å². The van der Waals surface area contributed by atoms with E-state index in [0.717, 1.165) is 5.56 Å². The molecule has 1 N–H and O–H groups in total. The molecule has 0 saturated heterocycles. The van der Waals surface area contributed by atoms with E-state index >= 15 is 0 Å². The van der Waals surface area contributed by atoms with E-state index in [-0.39, 0.29) is 12.5 Å². The van der Waals surface area contributed by atoms with Crippen molar-refractivity contribution in [2.24, 2.45) is 0 Å². The maximum atomic E-state index is 12.0. The number of methoxy groups -OCH3 is 1. The lowest BCUT2D eigenvalue weighted by atomic mass is 10.1. The van der Waals surface area contributed by atoms with Gasteiger partial charge < -0.3 is 14.7 Å². The van der Waals surface area contributed by atoms with Gasteiger partial charge >= 0.3 is 5.97 Å². The Hall–Kier alpha value is -1.88. The molecule has 1 aliphatic heterocycles. The van der Waals surface area contributed by atoms with Crippen LogP contribution in [-0.4, -0.2) is 41.1 Å². The molecular weight excluding hydrogens is 234 g/mol. The minimum Gasteiger partial charge on any atom is -0.467 e. The topological polar surface area (TPSA) is 66.8 Å². The van der Waals surface area contributed by atoms with Crippen LogP contribution in [0, 0.1) is 0 Å².